The van der Waals surface area contributed by atoms with Gasteiger partial charge in [-0.05, 0) is 13.1 Å². The average molecular weight is 212 g/mol. The summed E-state index contributed by atoms with van der Waals surface area (Å²) in [6.45, 7) is 0. The number of carbonyl (C=O) groups is 1. The molecule has 0 aliphatic carbocycles. The molecule has 0 aromatic heterocycles. The van der Waals surface area contributed by atoms with Gasteiger partial charge in [0.25, 0.3) is 0 Å². The summed E-state index contributed by atoms with van der Waals surface area (Å²) in [4.78, 5) is 10.7. The van der Waals surface area contributed by atoms with Crippen molar-refractivity contribution in [2.75, 3.05) is 7.05 Å². The minimum Gasteiger partial charge on any atom is -0.480 e. The number of nitrogens with one attached hydrogen (secondary N) is 1. The first-order chi connectivity index (χ1) is 7.07. The van der Waals surface area contributed by atoms with Crippen molar-refractivity contribution < 1.29 is 14.3 Å². The zero-order chi connectivity index (χ0) is 11.4. The molecule has 0 fully saturated rings. The monoisotopic (exact) mass is 212 g/mol. The normalized spacial score (nSPS) is 14.6. The summed E-state index contributed by atoms with van der Waals surface area (Å²) in [7, 11) is 1.54. The number of benzene rings is 1. The predicted octanol–water partition coefficient (Wildman–Crippen LogP) is 0.498. The van der Waals surface area contributed by atoms with Gasteiger partial charge in [-0.15, -0.1) is 0 Å². The van der Waals surface area contributed by atoms with Crippen LogP contribution in [-0.4, -0.2) is 24.2 Å². The maximum atomic E-state index is 13.4. The number of hydrogen-bond acceptors (Lipinski definition) is 3. The molecule has 15 heavy (non-hydrogen) atoms. The fourth-order valence-corrected chi connectivity index (χ4v) is 1.40. The third-order valence-corrected chi connectivity index (χ3v) is 2.20. The van der Waals surface area contributed by atoms with Crippen molar-refractivity contribution in [3.63, 3.8) is 0 Å². The number of hydrogen-bond donors (Lipinski definition) is 3. The molecule has 0 aliphatic heterocycles. The topological polar surface area (TPSA) is 75.3 Å². The van der Waals surface area contributed by atoms with E-state index in [1.54, 1.807) is 13.1 Å². The van der Waals surface area contributed by atoms with Gasteiger partial charge < -0.3 is 16.2 Å². The number of halogens is 1. The van der Waals surface area contributed by atoms with Crippen molar-refractivity contribution in [2.45, 2.75) is 12.1 Å². The Balaban J connectivity index is 3.02. The van der Waals surface area contributed by atoms with E-state index >= 15 is 0 Å². The van der Waals surface area contributed by atoms with Crippen molar-refractivity contribution in [1.29, 1.82) is 0 Å². The lowest BCUT2D eigenvalue weighted by atomic mass is 9.99. The van der Waals surface area contributed by atoms with Gasteiger partial charge in [0, 0.05) is 5.56 Å². The molecule has 0 aliphatic rings. The van der Waals surface area contributed by atoms with E-state index in [-0.39, 0.29) is 5.56 Å². The highest BCUT2D eigenvalue weighted by molar-refractivity contribution is 5.74. The third-order valence-electron chi connectivity index (χ3n) is 2.20. The highest BCUT2D eigenvalue weighted by Gasteiger charge is 2.26. The molecule has 0 saturated carbocycles. The summed E-state index contributed by atoms with van der Waals surface area (Å²) in [6.07, 6.45) is 0. The standard InChI is InChI=1S/C10H13FN2O2/c1-13-9(8(12)10(14)15)6-4-2-3-5-7(6)11/h2-5,8-9,13H,12H2,1H3,(H,14,15). The van der Waals surface area contributed by atoms with Gasteiger partial charge in [-0.1, -0.05) is 18.2 Å². The molecule has 0 heterocycles. The van der Waals surface area contributed by atoms with E-state index in [2.05, 4.69) is 5.32 Å². The molecular formula is C10H13FN2O2. The Hall–Kier alpha value is -1.46. The summed E-state index contributed by atoms with van der Waals surface area (Å²) in [6, 6.07) is 4.05. The summed E-state index contributed by atoms with van der Waals surface area (Å²) in [5, 5.41) is 11.4. The Labute approximate surface area is 86.9 Å². The first kappa shape index (κ1) is 11.6. The van der Waals surface area contributed by atoms with Crippen LogP contribution in [0.3, 0.4) is 0 Å². The second-order valence-electron chi connectivity index (χ2n) is 3.15. The van der Waals surface area contributed by atoms with Crippen LogP contribution in [0, 0.1) is 5.82 Å². The molecule has 82 valence electrons. The molecule has 1 aromatic rings. The second-order valence-corrected chi connectivity index (χ2v) is 3.15. The molecule has 1 rings (SSSR count). The zero-order valence-electron chi connectivity index (χ0n) is 8.27. The maximum absolute atomic E-state index is 13.4. The molecule has 0 saturated heterocycles. The highest BCUT2D eigenvalue weighted by Crippen LogP contribution is 2.18. The van der Waals surface area contributed by atoms with Gasteiger partial charge in [0.15, 0.2) is 0 Å². The van der Waals surface area contributed by atoms with E-state index in [1.807, 2.05) is 0 Å². The van der Waals surface area contributed by atoms with Crippen molar-refractivity contribution >= 4 is 5.97 Å². The van der Waals surface area contributed by atoms with Crippen LogP contribution in [0.2, 0.25) is 0 Å². The van der Waals surface area contributed by atoms with Crippen LogP contribution in [0.5, 0.6) is 0 Å². The van der Waals surface area contributed by atoms with E-state index in [4.69, 9.17) is 10.8 Å². The lowest BCUT2D eigenvalue weighted by Crippen LogP contribution is -2.42. The molecule has 2 atom stereocenters. The molecule has 0 bridgehead atoms. The second kappa shape index (κ2) is 4.86. The van der Waals surface area contributed by atoms with E-state index in [1.165, 1.54) is 18.2 Å². The summed E-state index contributed by atoms with van der Waals surface area (Å²) in [5.74, 6) is -1.63. The van der Waals surface area contributed by atoms with Crippen molar-refractivity contribution in [1.82, 2.24) is 5.32 Å². The van der Waals surface area contributed by atoms with Gasteiger partial charge in [-0.2, -0.15) is 0 Å². The largest absolute Gasteiger partial charge is 0.480 e. The molecule has 0 amide bonds. The fourth-order valence-electron chi connectivity index (χ4n) is 1.40. The molecule has 0 spiro atoms. The van der Waals surface area contributed by atoms with Crippen molar-refractivity contribution in [2.24, 2.45) is 5.73 Å². The molecular weight excluding hydrogens is 199 g/mol. The Kier molecular flexibility index (Phi) is 3.76. The van der Waals surface area contributed by atoms with Crippen LogP contribution >= 0.6 is 0 Å². The van der Waals surface area contributed by atoms with Gasteiger partial charge in [0.1, 0.15) is 11.9 Å². The van der Waals surface area contributed by atoms with E-state index in [9.17, 15) is 9.18 Å². The highest BCUT2D eigenvalue weighted by atomic mass is 19.1. The van der Waals surface area contributed by atoms with Crippen molar-refractivity contribution in [3.8, 4) is 0 Å². The lowest BCUT2D eigenvalue weighted by molar-refractivity contribution is -0.139. The number of nitrogens with two attached hydrogens (primary N) is 1. The SMILES string of the molecule is CNC(c1ccccc1F)C(N)C(=O)O. The minimum atomic E-state index is -1.17. The Morgan fingerprint density at radius 1 is 1.53 bits per heavy atom. The first-order valence-corrected chi connectivity index (χ1v) is 4.48. The minimum absolute atomic E-state index is 0.259. The van der Waals surface area contributed by atoms with E-state index in [0.29, 0.717) is 0 Å². The van der Waals surface area contributed by atoms with E-state index < -0.39 is 23.9 Å². The maximum Gasteiger partial charge on any atom is 0.322 e. The molecule has 1 aromatic carbocycles. The molecule has 2 unspecified atom stereocenters. The third kappa shape index (κ3) is 2.51. The molecule has 4 nitrogen and oxygen atoms in total. The van der Waals surface area contributed by atoms with Gasteiger partial charge in [0.05, 0.1) is 6.04 Å². The van der Waals surface area contributed by atoms with Gasteiger partial charge >= 0.3 is 5.97 Å². The predicted molar refractivity (Wildman–Crippen MR) is 53.8 cm³/mol. The quantitative estimate of drug-likeness (QED) is 0.679. The van der Waals surface area contributed by atoms with Gasteiger partial charge in [-0.3, -0.25) is 4.79 Å². The van der Waals surface area contributed by atoms with Gasteiger partial charge in [-0.25, -0.2) is 4.39 Å². The molecule has 4 N–H and O–H groups in total. The summed E-state index contributed by atoms with van der Waals surface area (Å²) < 4.78 is 13.4. The van der Waals surface area contributed by atoms with Crippen LogP contribution in [0.4, 0.5) is 4.39 Å². The number of likely N-dealkylation sites (N-methyl/N-ethyl adjacent to an activating group) is 1. The van der Waals surface area contributed by atoms with Gasteiger partial charge in [0.2, 0.25) is 0 Å². The number of carboxylic acid groups (broad SMARTS) is 1. The lowest BCUT2D eigenvalue weighted by Gasteiger charge is -2.20. The van der Waals surface area contributed by atoms with Crippen LogP contribution < -0.4 is 11.1 Å². The first-order valence-electron chi connectivity index (χ1n) is 4.48. The van der Waals surface area contributed by atoms with Crippen LogP contribution in [0.25, 0.3) is 0 Å². The Bertz CT molecular complexity index is 357. The molecule has 0 radical (unpaired) electrons. The van der Waals surface area contributed by atoms with Crippen LogP contribution in [-0.2, 0) is 4.79 Å². The van der Waals surface area contributed by atoms with Crippen LogP contribution in [0.15, 0.2) is 24.3 Å². The van der Waals surface area contributed by atoms with Crippen molar-refractivity contribution in [3.05, 3.63) is 35.6 Å². The van der Waals surface area contributed by atoms with E-state index in [0.717, 1.165) is 0 Å². The Morgan fingerprint density at radius 3 is 2.60 bits per heavy atom. The summed E-state index contributed by atoms with van der Waals surface area (Å²) >= 11 is 0. The number of rotatable bonds is 4. The number of carboxylic acids is 1. The summed E-state index contributed by atoms with van der Waals surface area (Å²) in [5.41, 5.74) is 5.70. The smallest absolute Gasteiger partial charge is 0.322 e. The fraction of sp³-hybridized carbons (Fsp3) is 0.300. The van der Waals surface area contributed by atoms with Crippen LogP contribution in [0.1, 0.15) is 11.6 Å². The molecule has 5 heteroatoms. The Morgan fingerprint density at radius 2 is 2.13 bits per heavy atom. The average Bonchev–Trinajstić information content (AvgIpc) is 2.21. The number of aliphatic carboxylic acids is 1. The zero-order valence-corrected chi connectivity index (χ0v) is 8.27.